The van der Waals surface area contributed by atoms with E-state index in [-0.39, 0.29) is 5.91 Å². The molecule has 0 saturated carbocycles. The smallest absolute Gasteiger partial charge is 0.226 e. The van der Waals surface area contributed by atoms with Crippen molar-refractivity contribution in [2.75, 3.05) is 11.9 Å². The molecule has 1 aliphatic heterocycles. The van der Waals surface area contributed by atoms with Crippen molar-refractivity contribution in [3.8, 4) is 56.2 Å². The summed E-state index contributed by atoms with van der Waals surface area (Å²) in [7, 11) is 1.88. The van der Waals surface area contributed by atoms with Crippen LogP contribution < -0.4 is 4.90 Å². The first-order valence-electron chi connectivity index (χ1n) is 15.2. The lowest BCUT2D eigenvalue weighted by Crippen LogP contribution is -2.24. The van der Waals surface area contributed by atoms with Gasteiger partial charge in [0.05, 0.1) is 11.4 Å². The summed E-state index contributed by atoms with van der Waals surface area (Å²) in [6, 6.07) is 46.2. The molecule has 1 unspecified atom stereocenters. The van der Waals surface area contributed by atoms with Crippen molar-refractivity contribution < 1.29 is 4.79 Å². The number of fused-ring (bicyclic) bond motifs is 1. The van der Waals surface area contributed by atoms with E-state index in [4.69, 9.17) is 9.97 Å². The van der Waals surface area contributed by atoms with Crippen LogP contribution in [0, 0.1) is 0 Å². The highest BCUT2D eigenvalue weighted by atomic mass is 16.2. The Kier molecular flexibility index (Phi) is 7.33. The summed E-state index contributed by atoms with van der Waals surface area (Å²) in [6.45, 7) is 2.21. The zero-order chi connectivity index (χ0) is 30.0. The number of amides is 1. The lowest BCUT2D eigenvalue weighted by Gasteiger charge is -2.20. The molecule has 2 heterocycles. The van der Waals surface area contributed by atoms with Gasteiger partial charge in [0.25, 0.3) is 0 Å². The highest BCUT2D eigenvalue weighted by Crippen LogP contribution is 2.37. The average molecular weight is 572 g/mol. The number of hydrogen-bond acceptors (Lipinski definition) is 3. The van der Waals surface area contributed by atoms with Gasteiger partial charge in [-0.15, -0.1) is 0 Å². The first-order chi connectivity index (χ1) is 21.5. The largest absolute Gasteiger partial charge is 0.315 e. The molecule has 0 N–H and O–H groups in total. The molecule has 0 bridgehead atoms. The van der Waals surface area contributed by atoms with Gasteiger partial charge in [-0.25, -0.2) is 9.97 Å². The van der Waals surface area contributed by atoms with E-state index in [0.717, 1.165) is 56.9 Å². The summed E-state index contributed by atoms with van der Waals surface area (Å²) in [5.74, 6) is 1.21. The zero-order valence-corrected chi connectivity index (χ0v) is 24.9. The van der Waals surface area contributed by atoms with Crippen LogP contribution in [0.2, 0.25) is 0 Å². The van der Waals surface area contributed by atoms with Crippen LogP contribution in [-0.2, 0) is 4.79 Å². The Balaban J connectivity index is 1.25. The number of carbonyl (C=O) groups excluding carboxylic acids is 1. The van der Waals surface area contributed by atoms with Gasteiger partial charge in [0.15, 0.2) is 5.82 Å². The van der Waals surface area contributed by atoms with Crippen LogP contribution in [0.15, 0.2) is 133 Å². The molecule has 5 aromatic carbocycles. The number of rotatable bonds is 5. The van der Waals surface area contributed by atoms with Crippen LogP contribution in [-0.4, -0.2) is 22.9 Å². The number of benzene rings is 5. The average Bonchev–Trinajstić information content (AvgIpc) is 3.20. The van der Waals surface area contributed by atoms with E-state index in [0.29, 0.717) is 18.2 Å². The number of nitrogens with zero attached hydrogens (tertiary/aromatic N) is 3. The predicted octanol–water partition coefficient (Wildman–Crippen LogP) is 9.67. The molecule has 4 heteroatoms. The van der Waals surface area contributed by atoms with Crippen molar-refractivity contribution in [2.24, 2.45) is 0 Å². The Hall–Kier alpha value is -5.35. The maximum Gasteiger partial charge on any atom is 0.226 e. The SMILES string of the molecule is CC1CCC(=O)N(C)c2ccc(-c3ccc(-c4cc(-c5ccccc5)nc(-c5ccc(-c6ccccc6)cc5)n4)cc3)cc21. The lowest BCUT2D eigenvalue weighted by atomic mass is 9.92. The lowest BCUT2D eigenvalue weighted by molar-refractivity contribution is -0.118. The third kappa shape index (κ3) is 5.43. The van der Waals surface area contributed by atoms with Crippen LogP contribution in [0.5, 0.6) is 0 Å². The predicted molar refractivity (Wildman–Crippen MR) is 180 cm³/mol. The quantitative estimate of drug-likeness (QED) is 0.207. The molecule has 7 rings (SSSR count). The van der Waals surface area contributed by atoms with E-state index in [2.05, 4.69) is 116 Å². The molecule has 0 saturated heterocycles. The van der Waals surface area contributed by atoms with Gasteiger partial charge in [-0.05, 0) is 58.4 Å². The fraction of sp³-hybridized carbons (Fsp3) is 0.125. The standard InChI is InChI=1S/C40H33N3O/c1-27-13-24-39(44)43(2)38-23-22-34(25-35(27)38)30-14-18-32(19-15-30)37-26-36(31-11-7-4-8-12-31)41-40(42-37)33-20-16-29(17-21-33)28-9-5-3-6-10-28/h3-12,14-23,25-27H,13,24H2,1-2H3. The van der Waals surface area contributed by atoms with Gasteiger partial charge in [-0.2, -0.15) is 0 Å². The summed E-state index contributed by atoms with van der Waals surface area (Å²) >= 11 is 0. The summed E-state index contributed by atoms with van der Waals surface area (Å²) < 4.78 is 0. The maximum absolute atomic E-state index is 12.5. The van der Waals surface area contributed by atoms with Crippen molar-refractivity contribution in [1.29, 1.82) is 0 Å². The van der Waals surface area contributed by atoms with Crippen molar-refractivity contribution in [1.82, 2.24) is 9.97 Å². The van der Waals surface area contributed by atoms with Crippen molar-refractivity contribution in [3.63, 3.8) is 0 Å². The summed E-state index contributed by atoms with van der Waals surface area (Å²) in [5, 5.41) is 0. The Morgan fingerprint density at radius 1 is 0.568 bits per heavy atom. The summed E-state index contributed by atoms with van der Waals surface area (Å²) in [5.41, 5.74) is 11.7. The number of anilines is 1. The highest BCUT2D eigenvalue weighted by Gasteiger charge is 2.23. The second-order valence-electron chi connectivity index (χ2n) is 11.5. The Bertz CT molecular complexity index is 1930. The minimum absolute atomic E-state index is 0.180. The molecule has 0 radical (unpaired) electrons. The maximum atomic E-state index is 12.5. The molecule has 1 atom stereocenters. The number of carbonyl (C=O) groups is 1. The second-order valence-corrected chi connectivity index (χ2v) is 11.5. The fourth-order valence-electron chi connectivity index (χ4n) is 5.99. The van der Waals surface area contributed by atoms with Crippen molar-refractivity contribution in [3.05, 3.63) is 139 Å². The first-order valence-corrected chi connectivity index (χ1v) is 15.2. The summed E-state index contributed by atoms with van der Waals surface area (Å²) in [6.07, 6.45) is 1.45. The molecule has 1 aliphatic rings. The Morgan fingerprint density at radius 3 is 1.68 bits per heavy atom. The Labute approximate surface area is 258 Å². The van der Waals surface area contributed by atoms with E-state index in [1.807, 2.05) is 31.3 Å². The molecule has 6 aromatic rings. The molecular formula is C40H33N3O. The minimum atomic E-state index is 0.180. The van der Waals surface area contributed by atoms with Gasteiger partial charge in [0.1, 0.15) is 0 Å². The van der Waals surface area contributed by atoms with E-state index in [9.17, 15) is 4.79 Å². The van der Waals surface area contributed by atoms with Gasteiger partial charge in [-0.3, -0.25) is 4.79 Å². The van der Waals surface area contributed by atoms with Gasteiger partial charge in [0, 0.05) is 35.8 Å². The van der Waals surface area contributed by atoms with E-state index in [1.54, 1.807) is 4.90 Å². The van der Waals surface area contributed by atoms with Crippen LogP contribution in [0.1, 0.15) is 31.2 Å². The van der Waals surface area contributed by atoms with E-state index >= 15 is 0 Å². The first kappa shape index (κ1) is 27.5. The molecule has 4 nitrogen and oxygen atoms in total. The topological polar surface area (TPSA) is 46.1 Å². The van der Waals surface area contributed by atoms with Crippen molar-refractivity contribution in [2.45, 2.75) is 25.7 Å². The third-order valence-corrected chi connectivity index (χ3v) is 8.65. The van der Waals surface area contributed by atoms with Crippen LogP contribution in [0.25, 0.3) is 56.2 Å². The van der Waals surface area contributed by atoms with Gasteiger partial charge in [0.2, 0.25) is 5.91 Å². The molecule has 1 aromatic heterocycles. The number of hydrogen-bond donors (Lipinski definition) is 0. The molecule has 1 amide bonds. The van der Waals surface area contributed by atoms with E-state index in [1.165, 1.54) is 11.1 Å². The van der Waals surface area contributed by atoms with Gasteiger partial charge in [-0.1, -0.05) is 122 Å². The number of aromatic nitrogens is 2. The molecular weight excluding hydrogens is 538 g/mol. The van der Waals surface area contributed by atoms with Crippen LogP contribution >= 0.6 is 0 Å². The van der Waals surface area contributed by atoms with E-state index < -0.39 is 0 Å². The van der Waals surface area contributed by atoms with Crippen molar-refractivity contribution >= 4 is 11.6 Å². The normalized spacial score (nSPS) is 14.6. The fourth-order valence-corrected chi connectivity index (χ4v) is 5.99. The Morgan fingerprint density at radius 2 is 1.05 bits per heavy atom. The monoisotopic (exact) mass is 571 g/mol. The molecule has 0 fully saturated rings. The third-order valence-electron chi connectivity index (χ3n) is 8.65. The summed E-state index contributed by atoms with van der Waals surface area (Å²) in [4.78, 5) is 24.3. The highest BCUT2D eigenvalue weighted by molar-refractivity contribution is 5.95. The second kappa shape index (κ2) is 11.7. The van der Waals surface area contributed by atoms with Gasteiger partial charge < -0.3 is 4.90 Å². The zero-order valence-electron chi connectivity index (χ0n) is 24.9. The molecule has 44 heavy (non-hydrogen) atoms. The molecule has 0 spiro atoms. The minimum Gasteiger partial charge on any atom is -0.315 e. The van der Waals surface area contributed by atoms with Gasteiger partial charge >= 0.3 is 0 Å². The van der Waals surface area contributed by atoms with Crippen LogP contribution in [0.4, 0.5) is 5.69 Å². The molecule has 214 valence electrons. The van der Waals surface area contributed by atoms with Crippen LogP contribution in [0.3, 0.4) is 0 Å². The molecule has 0 aliphatic carbocycles.